The third-order valence-electron chi connectivity index (χ3n) is 8.99. The first-order chi connectivity index (χ1) is 19.5. The maximum atomic E-state index is 13.6. The topological polar surface area (TPSA) is 21.1 Å². The van der Waals surface area contributed by atoms with Gasteiger partial charge in [0, 0.05) is 24.2 Å². The highest BCUT2D eigenvalue weighted by Gasteiger charge is 2.43. The van der Waals surface area contributed by atoms with E-state index in [4.69, 9.17) is 5.10 Å². The molecule has 0 fully saturated rings. The fourth-order valence-electron chi connectivity index (χ4n) is 6.53. The van der Waals surface area contributed by atoms with Crippen LogP contribution in [0.25, 0.3) is 23.0 Å². The van der Waals surface area contributed by atoms with E-state index in [-0.39, 0.29) is 0 Å². The number of para-hydroxylation sites is 1. The van der Waals surface area contributed by atoms with Crippen molar-refractivity contribution < 1.29 is 13.2 Å². The van der Waals surface area contributed by atoms with E-state index in [2.05, 4.69) is 85.8 Å². The van der Waals surface area contributed by atoms with E-state index in [1.807, 2.05) is 6.92 Å². The minimum atomic E-state index is -4.37. The van der Waals surface area contributed by atoms with Crippen LogP contribution in [-0.4, -0.2) is 14.7 Å². The van der Waals surface area contributed by atoms with Gasteiger partial charge in [-0.25, -0.2) is 4.68 Å². The molecule has 0 saturated heterocycles. The fourth-order valence-corrected chi connectivity index (χ4v) is 6.53. The molecule has 41 heavy (non-hydrogen) atoms. The molecule has 0 unspecified atom stereocenters. The normalized spacial score (nSPS) is 15.9. The van der Waals surface area contributed by atoms with E-state index < -0.39 is 17.3 Å². The third-order valence-corrected chi connectivity index (χ3v) is 8.99. The summed E-state index contributed by atoms with van der Waals surface area (Å²) in [4.78, 5) is 2.27. The summed E-state index contributed by atoms with van der Waals surface area (Å²) in [5.74, 6) is 0. The summed E-state index contributed by atoms with van der Waals surface area (Å²) in [7, 11) is 0. The largest absolute Gasteiger partial charge is 0.416 e. The molecule has 0 N–H and O–H groups in total. The Kier molecular flexibility index (Phi) is 6.73. The molecular weight excluding hydrogens is 519 g/mol. The summed E-state index contributed by atoms with van der Waals surface area (Å²) in [6, 6.07) is 17.1. The zero-order valence-electron chi connectivity index (χ0n) is 24.4. The molecule has 0 bridgehead atoms. The summed E-state index contributed by atoms with van der Waals surface area (Å²) >= 11 is 0. The quantitative estimate of drug-likeness (QED) is 0.237. The molecule has 3 nitrogen and oxygen atoms in total. The van der Waals surface area contributed by atoms with Gasteiger partial charge >= 0.3 is 6.18 Å². The molecule has 1 aliphatic heterocycles. The van der Waals surface area contributed by atoms with Crippen LogP contribution in [0.1, 0.15) is 77.9 Å². The molecule has 0 spiro atoms. The van der Waals surface area contributed by atoms with Gasteiger partial charge in [0.2, 0.25) is 0 Å². The minimum Gasteiger partial charge on any atom is -0.284 e. The monoisotopic (exact) mass is 555 g/mol. The molecule has 1 aromatic heterocycles. The van der Waals surface area contributed by atoms with E-state index in [9.17, 15) is 13.2 Å². The van der Waals surface area contributed by atoms with Crippen LogP contribution in [0.2, 0.25) is 0 Å². The molecule has 4 aromatic rings. The van der Waals surface area contributed by atoms with Gasteiger partial charge in [0.15, 0.2) is 0 Å². The number of hydrogen-bond donors (Lipinski definition) is 0. The predicted octanol–water partition coefficient (Wildman–Crippen LogP) is 8.81. The number of allylic oxidation sites excluding steroid dienone is 1. The Labute approximate surface area is 240 Å². The molecule has 2 aliphatic rings. The van der Waals surface area contributed by atoms with Gasteiger partial charge in [0.1, 0.15) is 0 Å². The summed E-state index contributed by atoms with van der Waals surface area (Å²) in [6.45, 7) is 11.6. The lowest BCUT2D eigenvalue weighted by molar-refractivity contribution is -0.137. The van der Waals surface area contributed by atoms with Crippen molar-refractivity contribution in [2.45, 2.75) is 78.7 Å². The zero-order valence-corrected chi connectivity index (χ0v) is 24.4. The molecule has 0 atom stereocenters. The average Bonchev–Trinajstić information content (AvgIpc) is 3.63. The van der Waals surface area contributed by atoms with Crippen molar-refractivity contribution in [1.29, 1.82) is 0 Å². The second-order valence-corrected chi connectivity index (χ2v) is 11.8. The average molecular weight is 556 g/mol. The van der Waals surface area contributed by atoms with Crippen LogP contribution in [0.3, 0.4) is 0 Å². The highest BCUT2D eigenvalue weighted by atomic mass is 19.4. The van der Waals surface area contributed by atoms with Gasteiger partial charge in [-0.1, -0.05) is 68.5 Å². The van der Waals surface area contributed by atoms with Crippen LogP contribution in [0.5, 0.6) is 0 Å². The van der Waals surface area contributed by atoms with Gasteiger partial charge in [0.25, 0.3) is 0 Å². The van der Waals surface area contributed by atoms with Gasteiger partial charge in [-0.3, -0.25) is 4.90 Å². The lowest BCUT2D eigenvalue weighted by Crippen LogP contribution is -2.36. The van der Waals surface area contributed by atoms with E-state index >= 15 is 0 Å². The Morgan fingerprint density at radius 2 is 1.63 bits per heavy atom. The van der Waals surface area contributed by atoms with Gasteiger partial charge < -0.3 is 0 Å². The number of alkyl halides is 3. The van der Waals surface area contributed by atoms with Gasteiger partial charge in [-0.15, -0.1) is 0 Å². The number of hydrogen-bond acceptors (Lipinski definition) is 2. The molecule has 6 rings (SSSR count). The van der Waals surface area contributed by atoms with Gasteiger partial charge in [-0.05, 0) is 85.5 Å². The lowest BCUT2D eigenvalue weighted by Gasteiger charge is -2.32. The Bertz CT molecular complexity index is 1650. The molecule has 2 heterocycles. The van der Waals surface area contributed by atoms with Crippen molar-refractivity contribution in [3.8, 4) is 16.9 Å². The van der Waals surface area contributed by atoms with Gasteiger partial charge in [-0.2, -0.15) is 18.3 Å². The van der Waals surface area contributed by atoms with Crippen molar-refractivity contribution >= 4 is 6.08 Å². The van der Waals surface area contributed by atoms with E-state index in [0.29, 0.717) is 18.7 Å². The first-order valence-electron chi connectivity index (χ1n) is 14.5. The molecule has 0 amide bonds. The number of aryl methyl sites for hydroxylation is 3. The Hall–Kier alpha value is -3.64. The lowest BCUT2D eigenvalue weighted by atomic mass is 9.95. The van der Waals surface area contributed by atoms with Crippen LogP contribution in [0, 0.1) is 6.92 Å². The van der Waals surface area contributed by atoms with E-state index in [0.717, 1.165) is 53.0 Å². The maximum absolute atomic E-state index is 13.6. The number of fused-ring (bicyclic) bond motifs is 2. The Morgan fingerprint density at radius 3 is 2.32 bits per heavy atom. The predicted molar refractivity (Wildman–Crippen MR) is 159 cm³/mol. The van der Waals surface area contributed by atoms with Crippen molar-refractivity contribution in [2.75, 3.05) is 0 Å². The number of benzene rings is 3. The van der Waals surface area contributed by atoms with E-state index in [1.54, 1.807) is 6.07 Å². The van der Waals surface area contributed by atoms with Crippen LogP contribution in [0.15, 0.2) is 60.7 Å². The first-order valence-corrected chi connectivity index (χ1v) is 14.5. The van der Waals surface area contributed by atoms with Crippen LogP contribution in [0.4, 0.5) is 13.2 Å². The molecular formula is C35H36F3N3. The summed E-state index contributed by atoms with van der Waals surface area (Å²) < 4.78 is 42.9. The van der Waals surface area contributed by atoms with Gasteiger partial charge in [0.05, 0.1) is 28.2 Å². The summed E-state index contributed by atoms with van der Waals surface area (Å²) in [5, 5.41) is 5.37. The third kappa shape index (κ3) is 4.53. The number of halogens is 3. The second kappa shape index (κ2) is 10.0. The van der Waals surface area contributed by atoms with Crippen molar-refractivity contribution in [3.05, 3.63) is 111 Å². The number of nitrogens with zero attached hydrogens (tertiary/aromatic N) is 3. The first kappa shape index (κ1) is 27.5. The van der Waals surface area contributed by atoms with Crippen LogP contribution >= 0.6 is 0 Å². The zero-order chi connectivity index (χ0) is 29.1. The Morgan fingerprint density at radius 1 is 0.927 bits per heavy atom. The summed E-state index contributed by atoms with van der Waals surface area (Å²) in [6.07, 6.45) is 2.75. The van der Waals surface area contributed by atoms with Crippen molar-refractivity contribution in [2.24, 2.45) is 0 Å². The fraction of sp³-hybridized carbons (Fsp3) is 0.343. The number of rotatable bonds is 6. The Balaban J connectivity index is 1.53. The smallest absolute Gasteiger partial charge is 0.284 e. The SMILES string of the molecule is CCc1cccc(CC)c1-n1nc2c(c1-c1cccc3c1C=CC3)CN(Cc1cc(C(F)(F)F)ccc1C)C2(C)C. The maximum Gasteiger partial charge on any atom is 0.416 e. The molecule has 6 heteroatoms. The van der Waals surface area contributed by atoms with E-state index in [1.165, 1.54) is 34.4 Å². The molecule has 212 valence electrons. The van der Waals surface area contributed by atoms with Crippen molar-refractivity contribution in [1.82, 2.24) is 14.7 Å². The highest BCUT2D eigenvalue weighted by Crippen LogP contribution is 2.47. The van der Waals surface area contributed by atoms with Crippen LogP contribution < -0.4 is 0 Å². The van der Waals surface area contributed by atoms with Crippen molar-refractivity contribution in [3.63, 3.8) is 0 Å². The molecule has 1 aliphatic carbocycles. The minimum absolute atomic E-state index is 0.414. The standard InChI is InChI=1S/C35H36F3N3/c1-6-23-11-8-12-24(7-2)31(23)41-32(29-16-10-14-25-13-9-15-28(25)29)30-21-40(34(4,5)33(30)39-41)20-26-19-27(35(36,37)38)18-17-22(26)3/h8-12,14-19H,6-7,13,20-21H2,1-5H3. The second-order valence-electron chi connectivity index (χ2n) is 11.8. The number of aromatic nitrogens is 2. The molecule has 0 saturated carbocycles. The van der Waals surface area contributed by atoms with Crippen LogP contribution in [-0.2, 0) is 44.1 Å². The summed E-state index contributed by atoms with van der Waals surface area (Å²) in [5.41, 5.74) is 11.1. The molecule has 3 aromatic carbocycles. The molecule has 0 radical (unpaired) electrons. The highest BCUT2D eigenvalue weighted by molar-refractivity contribution is 5.81.